The summed E-state index contributed by atoms with van der Waals surface area (Å²) in [5, 5.41) is 24.3. The number of amides is 1. The Hall–Kier alpha value is -3.72. The van der Waals surface area contributed by atoms with Gasteiger partial charge < -0.3 is 9.73 Å². The Bertz CT molecular complexity index is 1110. The number of hydrogen-bond acceptors (Lipinski definition) is 6. The van der Waals surface area contributed by atoms with Crippen molar-refractivity contribution in [3.8, 4) is 11.3 Å². The lowest BCUT2D eigenvalue weighted by Crippen LogP contribution is -2.11. The van der Waals surface area contributed by atoms with E-state index in [1.54, 1.807) is 6.92 Å². The SMILES string of the molecule is Cc1cc([N+](=O)[O-])ccc1NC(=O)c1ccc(-c2ccc([N+](=O)[O-])cc2Cl)o1. The summed E-state index contributed by atoms with van der Waals surface area (Å²) >= 11 is 6.07. The van der Waals surface area contributed by atoms with E-state index in [0.717, 1.165) is 0 Å². The Morgan fingerprint density at radius 3 is 2.25 bits per heavy atom. The molecule has 0 atom stereocenters. The van der Waals surface area contributed by atoms with Crippen molar-refractivity contribution in [3.05, 3.63) is 85.1 Å². The standard InChI is InChI=1S/C18H12ClN3O6/c1-10-8-11(21(24)25)3-5-15(10)20-18(23)17-7-6-16(28-17)13-4-2-12(22(26)27)9-14(13)19/h2-9H,1H3,(H,20,23). The van der Waals surface area contributed by atoms with E-state index in [2.05, 4.69) is 5.32 Å². The van der Waals surface area contributed by atoms with Gasteiger partial charge in [-0.15, -0.1) is 0 Å². The lowest BCUT2D eigenvalue weighted by Gasteiger charge is -2.07. The number of carbonyl (C=O) groups excluding carboxylic acids is 1. The monoisotopic (exact) mass is 401 g/mol. The number of benzene rings is 2. The summed E-state index contributed by atoms with van der Waals surface area (Å²) in [7, 11) is 0. The van der Waals surface area contributed by atoms with Gasteiger partial charge in [0.2, 0.25) is 0 Å². The van der Waals surface area contributed by atoms with Crippen LogP contribution in [0.2, 0.25) is 5.02 Å². The maximum absolute atomic E-state index is 12.4. The molecule has 0 fully saturated rings. The minimum absolute atomic E-state index is 0.0119. The van der Waals surface area contributed by atoms with Gasteiger partial charge in [-0.1, -0.05) is 11.6 Å². The first-order chi connectivity index (χ1) is 13.3. The molecule has 1 heterocycles. The second-order valence-corrected chi connectivity index (χ2v) is 6.20. The Kier molecular flexibility index (Phi) is 5.10. The van der Waals surface area contributed by atoms with Crippen molar-refractivity contribution in [2.24, 2.45) is 0 Å². The quantitative estimate of drug-likeness (QED) is 0.474. The predicted octanol–water partition coefficient (Wildman–Crippen LogP) is 4.98. The lowest BCUT2D eigenvalue weighted by molar-refractivity contribution is -0.385. The highest BCUT2D eigenvalue weighted by Crippen LogP contribution is 2.32. The van der Waals surface area contributed by atoms with Crippen LogP contribution in [0.3, 0.4) is 0 Å². The third-order valence-corrected chi connectivity index (χ3v) is 4.24. The molecule has 0 spiro atoms. The summed E-state index contributed by atoms with van der Waals surface area (Å²) < 4.78 is 5.51. The summed E-state index contributed by atoms with van der Waals surface area (Å²) in [5.74, 6) is -0.297. The molecule has 2 aromatic carbocycles. The minimum atomic E-state index is -0.566. The zero-order valence-electron chi connectivity index (χ0n) is 14.3. The third kappa shape index (κ3) is 3.84. The summed E-state index contributed by atoms with van der Waals surface area (Å²) in [6, 6.07) is 10.9. The number of aryl methyl sites for hydroxylation is 1. The van der Waals surface area contributed by atoms with E-state index in [0.29, 0.717) is 16.8 Å². The van der Waals surface area contributed by atoms with E-state index in [1.165, 1.54) is 48.5 Å². The van der Waals surface area contributed by atoms with Gasteiger partial charge >= 0.3 is 0 Å². The number of non-ortho nitro benzene ring substituents is 2. The van der Waals surface area contributed by atoms with Gasteiger partial charge in [-0.2, -0.15) is 0 Å². The number of hydrogen-bond donors (Lipinski definition) is 1. The molecule has 10 heteroatoms. The van der Waals surface area contributed by atoms with Gasteiger partial charge in [0.05, 0.1) is 14.9 Å². The molecule has 0 aliphatic rings. The first-order valence-corrected chi connectivity index (χ1v) is 8.24. The molecular formula is C18H12ClN3O6. The fourth-order valence-corrected chi connectivity index (χ4v) is 2.78. The van der Waals surface area contributed by atoms with Crippen LogP contribution in [0.25, 0.3) is 11.3 Å². The third-order valence-electron chi connectivity index (χ3n) is 3.93. The van der Waals surface area contributed by atoms with E-state index < -0.39 is 15.8 Å². The van der Waals surface area contributed by atoms with E-state index in [-0.39, 0.29) is 27.9 Å². The molecule has 9 nitrogen and oxygen atoms in total. The van der Waals surface area contributed by atoms with Crippen LogP contribution in [0, 0.1) is 27.2 Å². The number of anilines is 1. The number of nitro benzene ring substituents is 2. The molecule has 28 heavy (non-hydrogen) atoms. The summed E-state index contributed by atoms with van der Waals surface area (Å²) in [4.78, 5) is 32.9. The van der Waals surface area contributed by atoms with Crippen molar-refractivity contribution >= 4 is 34.6 Å². The molecule has 0 aliphatic carbocycles. The van der Waals surface area contributed by atoms with Crippen molar-refractivity contribution < 1.29 is 19.1 Å². The molecule has 3 aromatic rings. The predicted molar refractivity (Wildman–Crippen MR) is 102 cm³/mol. The van der Waals surface area contributed by atoms with Gasteiger partial charge in [0, 0.05) is 35.5 Å². The van der Waals surface area contributed by atoms with Crippen molar-refractivity contribution in [1.82, 2.24) is 0 Å². The molecule has 1 amide bonds. The summed E-state index contributed by atoms with van der Waals surface area (Å²) in [6.07, 6.45) is 0. The molecule has 0 saturated heterocycles. The molecule has 0 aliphatic heterocycles. The van der Waals surface area contributed by atoms with Gasteiger partial charge in [-0.3, -0.25) is 25.0 Å². The van der Waals surface area contributed by atoms with E-state index in [1.807, 2.05) is 0 Å². The summed E-state index contributed by atoms with van der Waals surface area (Å²) in [5.41, 5.74) is 1.09. The zero-order chi connectivity index (χ0) is 20.4. The Morgan fingerprint density at radius 1 is 1.00 bits per heavy atom. The molecule has 0 saturated carbocycles. The Labute approximate surface area is 162 Å². The van der Waals surface area contributed by atoms with Crippen LogP contribution in [0.15, 0.2) is 52.9 Å². The average molecular weight is 402 g/mol. The van der Waals surface area contributed by atoms with Crippen molar-refractivity contribution in [2.45, 2.75) is 6.92 Å². The molecule has 0 bridgehead atoms. The first kappa shape index (κ1) is 19.1. The number of rotatable bonds is 5. The molecule has 142 valence electrons. The van der Waals surface area contributed by atoms with E-state index in [4.69, 9.17) is 16.0 Å². The van der Waals surface area contributed by atoms with Crippen LogP contribution in [0.4, 0.5) is 17.1 Å². The number of nitro groups is 2. The second-order valence-electron chi connectivity index (χ2n) is 5.80. The molecular weight excluding hydrogens is 390 g/mol. The number of nitrogens with one attached hydrogen (secondary N) is 1. The summed E-state index contributed by atoms with van der Waals surface area (Å²) in [6.45, 7) is 1.63. The highest BCUT2D eigenvalue weighted by atomic mass is 35.5. The number of carbonyl (C=O) groups is 1. The van der Waals surface area contributed by atoms with E-state index in [9.17, 15) is 25.0 Å². The Morgan fingerprint density at radius 2 is 1.64 bits per heavy atom. The normalized spacial score (nSPS) is 10.5. The van der Waals surface area contributed by atoms with Crippen LogP contribution < -0.4 is 5.32 Å². The van der Waals surface area contributed by atoms with Crippen molar-refractivity contribution in [2.75, 3.05) is 5.32 Å². The van der Waals surface area contributed by atoms with Crippen LogP contribution in [0.5, 0.6) is 0 Å². The first-order valence-electron chi connectivity index (χ1n) is 7.87. The fourth-order valence-electron chi connectivity index (χ4n) is 2.51. The van der Waals surface area contributed by atoms with Gasteiger partial charge in [0.25, 0.3) is 17.3 Å². The number of halogens is 1. The van der Waals surface area contributed by atoms with Crippen LogP contribution >= 0.6 is 11.6 Å². The van der Waals surface area contributed by atoms with Gasteiger partial charge in [0.1, 0.15) is 5.76 Å². The minimum Gasteiger partial charge on any atom is -0.451 e. The van der Waals surface area contributed by atoms with Crippen LogP contribution in [0.1, 0.15) is 16.1 Å². The maximum atomic E-state index is 12.4. The largest absolute Gasteiger partial charge is 0.451 e. The number of furan rings is 1. The fraction of sp³-hybridized carbons (Fsp3) is 0.0556. The van der Waals surface area contributed by atoms with Gasteiger partial charge in [-0.25, -0.2) is 0 Å². The Balaban J connectivity index is 1.81. The molecule has 3 rings (SSSR count). The highest BCUT2D eigenvalue weighted by Gasteiger charge is 2.17. The molecule has 1 aromatic heterocycles. The van der Waals surface area contributed by atoms with Crippen molar-refractivity contribution in [1.29, 1.82) is 0 Å². The maximum Gasteiger partial charge on any atom is 0.291 e. The zero-order valence-corrected chi connectivity index (χ0v) is 15.1. The second kappa shape index (κ2) is 7.49. The smallest absolute Gasteiger partial charge is 0.291 e. The highest BCUT2D eigenvalue weighted by molar-refractivity contribution is 6.33. The van der Waals surface area contributed by atoms with Crippen molar-refractivity contribution in [3.63, 3.8) is 0 Å². The lowest BCUT2D eigenvalue weighted by atomic mass is 10.1. The molecule has 1 N–H and O–H groups in total. The average Bonchev–Trinajstić information content (AvgIpc) is 3.13. The molecule has 0 radical (unpaired) electrons. The number of nitrogens with zero attached hydrogens (tertiary/aromatic N) is 2. The van der Waals surface area contributed by atoms with Crippen LogP contribution in [-0.2, 0) is 0 Å². The topological polar surface area (TPSA) is 129 Å². The molecule has 0 unspecified atom stereocenters. The van der Waals surface area contributed by atoms with Crippen LogP contribution in [-0.4, -0.2) is 15.8 Å². The van der Waals surface area contributed by atoms with Gasteiger partial charge in [0.15, 0.2) is 5.76 Å². The van der Waals surface area contributed by atoms with E-state index >= 15 is 0 Å². The van der Waals surface area contributed by atoms with Gasteiger partial charge in [-0.05, 0) is 36.8 Å².